The Hall–Kier alpha value is -1.72. The molecule has 26 heavy (non-hydrogen) atoms. The summed E-state index contributed by atoms with van der Waals surface area (Å²) >= 11 is 1.61. The van der Waals surface area contributed by atoms with Crippen LogP contribution in [0.2, 0.25) is 0 Å². The lowest BCUT2D eigenvalue weighted by molar-refractivity contribution is -0.116. The Balaban J connectivity index is 1.49. The van der Waals surface area contributed by atoms with Gasteiger partial charge >= 0.3 is 0 Å². The number of aryl methyl sites for hydroxylation is 1. The smallest absolute Gasteiger partial charge is 0.135 e. The van der Waals surface area contributed by atoms with Crippen molar-refractivity contribution in [2.75, 3.05) is 26.2 Å². The monoisotopic (exact) mass is 372 g/mol. The van der Waals surface area contributed by atoms with Gasteiger partial charge in [0.2, 0.25) is 0 Å². The maximum Gasteiger partial charge on any atom is 0.135 e. The van der Waals surface area contributed by atoms with Gasteiger partial charge < -0.3 is 9.64 Å². The zero-order valence-electron chi connectivity index (χ0n) is 15.8. The first kappa shape index (κ1) is 19.1. The number of hydrogen-bond acceptors (Lipinski definition) is 5. The highest BCUT2D eigenvalue weighted by Gasteiger charge is 2.11. The normalized spacial score (nSPS) is 15.2. The predicted octanol–water partition coefficient (Wildman–Crippen LogP) is 4.50. The first-order valence-electron chi connectivity index (χ1n) is 9.53. The van der Waals surface area contributed by atoms with Gasteiger partial charge in [-0.2, -0.15) is 0 Å². The number of benzene rings is 1. The molecule has 0 N–H and O–H groups in total. The third-order valence-electron chi connectivity index (χ3n) is 4.74. The second-order valence-electron chi connectivity index (χ2n) is 7.04. The second-order valence-corrected chi connectivity index (χ2v) is 8.12. The summed E-state index contributed by atoms with van der Waals surface area (Å²) in [6.07, 6.45) is 5.61. The summed E-state index contributed by atoms with van der Waals surface area (Å²) in [4.78, 5) is 19.6. The van der Waals surface area contributed by atoms with Gasteiger partial charge in [-0.1, -0.05) is 6.42 Å². The maximum atomic E-state index is 11.3. The lowest BCUT2D eigenvalue weighted by Gasteiger charge is -2.26. The second kappa shape index (κ2) is 9.28. The number of carbonyl (C=O) groups is 1. The van der Waals surface area contributed by atoms with E-state index in [-0.39, 0.29) is 5.78 Å². The fourth-order valence-electron chi connectivity index (χ4n) is 3.30. The minimum Gasteiger partial charge on any atom is -0.494 e. The number of ketones is 1. The van der Waals surface area contributed by atoms with E-state index >= 15 is 0 Å². The zero-order valence-corrected chi connectivity index (χ0v) is 16.6. The fourth-order valence-corrected chi connectivity index (χ4v) is 4.44. The van der Waals surface area contributed by atoms with Crippen molar-refractivity contribution < 1.29 is 9.53 Å². The minimum atomic E-state index is 0.177. The Morgan fingerprint density at radius 3 is 2.62 bits per heavy atom. The molecule has 1 aromatic heterocycles. The number of rotatable bonds is 8. The highest BCUT2D eigenvalue weighted by Crippen LogP contribution is 2.29. The zero-order chi connectivity index (χ0) is 18.4. The van der Waals surface area contributed by atoms with Gasteiger partial charge in [0.25, 0.3) is 0 Å². The quantitative estimate of drug-likeness (QED) is 0.640. The third kappa shape index (κ3) is 5.39. The Morgan fingerprint density at radius 2 is 1.92 bits per heavy atom. The first-order chi connectivity index (χ1) is 12.6. The summed E-state index contributed by atoms with van der Waals surface area (Å²) < 4.78 is 5.88. The molecule has 0 spiro atoms. The van der Waals surface area contributed by atoms with E-state index < -0.39 is 0 Å². The SMILES string of the molecule is CC(=O)Cc1sc(-c2ccc(OCCCN3CCCCC3)cc2)nc1C. The molecule has 0 amide bonds. The van der Waals surface area contributed by atoms with E-state index in [0.717, 1.165) is 46.5 Å². The minimum absolute atomic E-state index is 0.177. The molecule has 0 saturated carbocycles. The number of carbonyl (C=O) groups excluding carboxylic acids is 1. The number of piperidine rings is 1. The Kier molecular flexibility index (Phi) is 6.80. The van der Waals surface area contributed by atoms with Crippen molar-refractivity contribution >= 4 is 17.1 Å². The average molecular weight is 373 g/mol. The highest BCUT2D eigenvalue weighted by atomic mass is 32.1. The van der Waals surface area contributed by atoms with Gasteiger partial charge in [0.05, 0.1) is 12.3 Å². The number of aromatic nitrogens is 1. The summed E-state index contributed by atoms with van der Waals surface area (Å²) in [6, 6.07) is 8.13. The van der Waals surface area contributed by atoms with Crippen LogP contribution >= 0.6 is 11.3 Å². The Bertz CT molecular complexity index is 718. The topological polar surface area (TPSA) is 42.4 Å². The largest absolute Gasteiger partial charge is 0.494 e. The summed E-state index contributed by atoms with van der Waals surface area (Å²) in [6.45, 7) is 7.97. The lowest BCUT2D eigenvalue weighted by Crippen LogP contribution is -2.31. The molecule has 1 fully saturated rings. The summed E-state index contributed by atoms with van der Waals surface area (Å²) in [5.41, 5.74) is 2.03. The molecule has 0 unspecified atom stereocenters. The van der Waals surface area contributed by atoms with Crippen molar-refractivity contribution in [2.45, 2.75) is 46.0 Å². The van der Waals surface area contributed by atoms with Crippen LogP contribution < -0.4 is 4.74 Å². The highest BCUT2D eigenvalue weighted by molar-refractivity contribution is 7.15. The molecular formula is C21H28N2O2S. The molecule has 4 nitrogen and oxygen atoms in total. The summed E-state index contributed by atoms with van der Waals surface area (Å²) in [7, 11) is 0. The van der Waals surface area contributed by atoms with E-state index in [1.54, 1.807) is 18.3 Å². The molecule has 0 aliphatic carbocycles. The van der Waals surface area contributed by atoms with Gasteiger partial charge in [0.1, 0.15) is 16.5 Å². The molecule has 5 heteroatoms. The van der Waals surface area contributed by atoms with Gasteiger partial charge in [-0.3, -0.25) is 4.79 Å². The van der Waals surface area contributed by atoms with Crippen LogP contribution in [0.15, 0.2) is 24.3 Å². The van der Waals surface area contributed by atoms with Gasteiger partial charge in [-0.05, 0) is 70.5 Å². The van der Waals surface area contributed by atoms with Crippen LogP contribution in [-0.4, -0.2) is 41.9 Å². The number of nitrogens with zero attached hydrogens (tertiary/aromatic N) is 2. The number of likely N-dealkylation sites (tertiary alicyclic amines) is 1. The number of ether oxygens (including phenoxy) is 1. The van der Waals surface area contributed by atoms with Crippen molar-refractivity contribution in [3.63, 3.8) is 0 Å². The van der Waals surface area contributed by atoms with Gasteiger partial charge in [0.15, 0.2) is 0 Å². The van der Waals surface area contributed by atoms with Crippen LogP contribution in [0, 0.1) is 6.92 Å². The third-order valence-corrected chi connectivity index (χ3v) is 5.95. The van der Waals surface area contributed by atoms with Crippen LogP contribution in [-0.2, 0) is 11.2 Å². The number of Topliss-reactive ketones (excluding diaryl/α,β-unsaturated/α-hetero) is 1. The standard InChI is InChI=1S/C21H28N2O2S/c1-16(24)15-20-17(2)22-21(26-20)18-7-9-19(10-8-18)25-14-6-13-23-11-4-3-5-12-23/h7-10H,3-6,11-15H2,1-2H3. The average Bonchev–Trinajstić information content (AvgIpc) is 3.00. The molecule has 2 heterocycles. The molecule has 0 atom stereocenters. The first-order valence-corrected chi connectivity index (χ1v) is 10.3. The number of thiazole rings is 1. The van der Waals surface area contributed by atoms with E-state index in [1.165, 1.54) is 32.4 Å². The molecule has 1 aliphatic heterocycles. The number of hydrogen-bond donors (Lipinski definition) is 0. The van der Waals surface area contributed by atoms with Gasteiger partial charge in [0, 0.05) is 23.4 Å². The van der Waals surface area contributed by atoms with E-state index in [2.05, 4.69) is 22.0 Å². The molecule has 140 valence electrons. The van der Waals surface area contributed by atoms with Crippen molar-refractivity contribution in [1.82, 2.24) is 9.88 Å². The molecule has 2 aromatic rings. The fraction of sp³-hybridized carbons (Fsp3) is 0.524. The lowest BCUT2D eigenvalue weighted by atomic mass is 10.1. The van der Waals surface area contributed by atoms with Gasteiger partial charge in [-0.15, -0.1) is 11.3 Å². The predicted molar refractivity (Wildman–Crippen MR) is 107 cm³/mol. The van der Waals surface area contributed by atoms with Crippen LogP contribution in [0.25, 0.3) is 10.6 Å². The molecule has 1 aliphatic rings. The van der Waals surface area contributed by atoms with E-state index in [0.29, 0.717) is 6.42 Å². The van der Waals surface area contributed by atoms with E-state index in [4.69, 9.17) is 4.74 Å². The maximum absolute atomic E-state index is 11.3. The van der Waals surface area contributed by atoms with Gasteiger partial charge in [-0.25, -0.2) is 4.98 Å². The molecule has 0 radical (unpaired) electrons. The molecular weight excluding hydrogens is 344 g/mol. The van der Waals surface area contributed by atoms with Crippen molar-refractivity contribution in [3.05, 3.63) is 34.8 Å². The summed E-state index contributed by atoms with van der Waals surface area (Å²) in [5.74, 6) is 1.08. The van der Waals surface area contributed by atoms with Crippen LogP contribution in [0.3, 0.4) is 0 Å². The van der Waals surface area contributed by atoms with Crippen LogP contribution in [0.1, 0.15) is 43.2 Å². The summed E-state index contributed by atoms with van der Waals surface area (Å²) in [5, 5.41) is 0.968. The molecule has 3 rings (SSSR count). The Morgan fingerprint density at radius 1 is 1.19 bits per heavy atom. The molecule has 1 aromatic carbocycles. The van der Waals surface area contributed by atoms with E-state index in [9.17, 15) is 4.79 Å². The van der Waals surface area contributed by atoms with Crippen molar-refractivity contribution in [1.29, 1.82) is 0 Å². The van der Waals surface area contributed by atoms with Crippen molar-refractivity contribution in [2.24, 2.45) is 0 Å². The van der Waals surface area contributed by atoms with E-state index in [1.807, 2.05) is 19.1 Å². The molecule has 0 bridgehead atoms. The molecule has 1 saturated heterocycles. The van der Waals surface area contributed by atoms with Crippen LogP contribution in [0.4, 0.5) is 0 Å². The van der Waals surface area contributed by atoms with Crippen LogP contribution in [0.5, 0.6) is 5.75 Å². The van der Waals surface area contributed by atoms with Crippen molar-refractivity contribution in [3.8, 4) is 16.3 Å². The Labute approximate surface area is 160 Å².